The average Bonchev–Trinajstić information content (AvgIpc) is 3.44. The predicted octanol–water partition coefficient (Wildman–Crippen LogP) is 16.3. The molecule has 0 heterocycles. The molecule has 0 N–H and O–H groups in total. The number of anilines is 3. The van der Waals surface area contributed by atoms with Crippen LogP contribution in [0.1, 0.15) is 23.3 Å². The zero-order chi connectivity index (χ0) is 54.2. The summed E-state index contributed by atoms with van der Waals surface area (Å²) in [6.07, 6.45) is 0. The van der Waals surface area contributed by atoms with Crippen molar-refractivity contribution >= 4 is 27.8 Å². The van der Waals surface area contributed by atoms with Gasteiger partial charge in [0.25, 0.3) is 0 Å². The van der Waals surface area contributed by atoms with Crippen molar-refractivity contribution in [3.05, 3.63) is 248 Å². The fraction of sp³-hybridized carbons (Fsp3) is 0. The summed E-state index contributed by atoms with van der Waals surface area (Å²) in [5.41, 5.74) is 1.49. The smallest absolute Gasteiger partial charge is 0.0645 e. The molecule has 1 nitrogen and oxygen atoms in total. The Balaban J connectivity index is 1.20. The Morgan fingerprint density at radius 3 is 1.37 bits per heavy atom. The lowest BCUT2D eigenvalue weighted by Gasteiger charge is -2.28. The summed E-state index contributed by atoms with van der Waals surface area (Å²) in [6.45, 7) is 0. The molecule has 10 aromatic rings. The lowest BCUT2D eigenvalue weighted by atomic mass is 9.96. The second-order valence-electron chi connectivity index (χ2n) is 13.6. The highest BCUT2D eigenvalue weighted by atomic mass is 15.1. The summed E-state index contributed by atoms with van der Waals surface area (Å²) in [6, 6.07) is 32.1. The molecule has 0 aliphatic rings. The molecule has 0 bridgehead atoms. The molecule has 0 aliphatic heterocycles. The molecule has 10 rings (SSSR count). The highest BCUT2D eigenvalue weighted by Gasteiger charge is 2.18. The largest absolute Gasteiger partial charge is 0.310 e. The molecule has 0 radical (unpaired) electrons. The minimum atomic E-state index is -0.877. The van der Waals surface area contributed by atoms with E-state index in [9.17, 15) is 11.0 Å². The van der Waals surface area contributed by atoms with Gasteiger partial charge in [-0.15, -0.1) is 0 Å². The van der Waals surface area contributed by atoms with Crippen LogP contribution in [0.3, 0.4) is 0 Å². The topological polar surface area (TPSA) is 3.24 Å². The Morgan fingerprint density at radius 2 is 0.712 bits per heavy atom. The maximum absolute atomic E-state index is 9.75. The second-order valence-corrected chi connectivity index (χ2v) is 13.6. The molecule has 1 heteroatoms. The first-order chi connectivity index (χ1) is 36.3. The maximum Gasteiger partial charge on any atom is 0.0645 e. The third-order valence-corrected chi connectivity index (χ3v) is 9.98. The third-order valence-electron chi connectivity index (χ3n) is 9.98. The van der Waals surface area contributed by atoms with E-state index in [4.69, 9.17) is 12.3 Å². The minimum absolute atomic E-state index is 0.0311. The van der Waals surface area contributed by atoms with Gasteiger partial charge in [0, 0.05) is 16.9 Å². The van der Waals surface area contributed by atoms with Gasteiger partial charge in [0.2, 0.25) is 0 Å². The van der Waals surface area contributed by atoms with Gasteiger partial charge in [-0.25, -0.2) is 0 Å². The van der Waals surface area contributed by atoms with Crippen molar-refractivity contribution < 1.29 is 23.3 Å². The summed E-state index contributed by atoms with van der Waals surface area (Å²) in [7, 11) is 0. The number of para-hydroxylation sites is 1. The Kier molecular flexibility index (Phi) is 5.89. The normalized spacial score (nSPS) is 15.1. The number of benzene rings is 10. The van der Waals surface area contributed by atoms with Crippen molar-refractivity contribution in [3.63, 3.8) is 0 Å². The fourth-order valence-corrected chi connectivity index (χ4v) is 7.00. The molecule has 0 spiro atoms. The number of fused-ring (bicyclic) bond motifs is 1. The quantitative estimate of drug-likeness (QED) is 0.141. The van der Waals surface area contributed by atoms with Gasteiger partial charge >= 0.3 is 0 Å². The Morgan fingerprint density at radius 1 is 0.271 bits per heavy atom. The van der Waals surface area contributed by atoms with Crippen molar-refractivity contribution in [2.24, 2.45) is 0 Å². The summed E-state index contributed by atoms with van der Waals surface area (Å²) in [5.74, 6) is 0. The van der Waals surface area contributed by atoms with E-state index >= 15 is 0 Å². The first-order valence-electron chi connectivity index (χ1n) is 27.4. The van der Waals surface area contributed by atoms with Gasteiger partial charge in [-0.3, -0.25) is 0 Å². The van der Waals surface area contributed by atoms with Crippen LogP contribution < -0.4 is 4.90 Å². The molecule has 0 aliphatic carbocycles. The van der Waals surface area contributed by atoms with Gasteiger partial charge in [0.05, 0.1) is 29.0 Å². The SMILES string of the molecule is [2H]c1c([2H])c([2H])c(-c2c([2H])c([2H])c(-c3c([2H])c([2H])c(N(c4ccccc4-c4ccc(-c5ccccc5)cc4)c4c([2H])c([2H])c(-c5cccc(-c6ccc7ccccc7c6)c5)c([2H])c4[2H])c([2H])c3[2H])c([2H])c2[2H])c([2H])c1[2H]. The van der Waals surface area contributed by atoms with E-state index in [1.807, 2.05) is 103 Å². The molecule has 278 valence electrons. The first-order valence-corrected chi connectivity index (χ1v) is 18.9. The van der Waals surface area contributed by atoms with Crippen LogP contribution in [0.4, 0.5) is 17.1 Å². The van der Waals surface area contributed by atoms with Crippen LogP contribution in [0.25, 0.3) is 77.5 Å². The van der Waals surface area contributed by atoms with E-state index in [2.05, 4.69) is 0 Å². The van der Waals surface area contributed by atoms with E-state index in [-0.39, 0.29) is 11.3 Å². The summed E-state index contributed by atoms with van der Waals surface area (Å²) >= 11 is 0. The second kappa shape index (κ2) is 16.0. The van der Waals surface area contributed by atoms with Crippen LogP contribution in [-0.2, 0) is 0 Å². The van der Waals surface area contributed by atoms with E-state index in [0.29, 0.717) is 16.7 Å². The highest BCUT2D eigenvalue weighted by molar-refractivity contribution is 5.91. The number of nitrogens with zero attached hydrogens (tertiary/aromatic N) is 1. The molecular weight excluding hydrogens is 711 g/mol. The van der Waals surface area contributed by atoms with Crippen LogP contribution in [-0.4, -0.2) is 0 Å². The maximum atomic E-state index is 9.75. The van der Waals surface area contributed by atoms with Crippen molar-refractivity contribution in [3.8, 4) is 66.8 Å². The first kappa shape index (κ1) is 21.7. The van der Waals surface area contributed by atoms with Crippen LogP contribution in [0.2, 0.25) is 0 Å². The van der Waals surface area contributed by atoms with Crippen molar-refractivity contribution in [2.75, 3.05) is 4.90 Å². The lowest BCUT2D eigenvalue weighted by Crippen LogP contribution is -2.11. The highest BCUT2D eigenvalue weighted by Crippen LogP contribution is 2.42. The van der Waals surface area contributed by atoms with Crippen molar-refractivity contribution in [1.82, 2.24) is 0 Å². The standard InChI is InChI=1S/C58H41N/c1-3-12-42(13-4-1)45-22-24-47(25-23-45)48-32-36-55(37-33-48)59(58-21-10-9-20-57(58)50-29-26-46(27-30-50)43-14-5-2-6-15-43)56-38-34-49(35-39-56)52-18-11-19-53(40-52)54-31-28-44-16-7-8-17-51(44)41-54/h1-41H/i1D,3D,4D,12D,13D,22D,23D,24D,25D,32D,33D,34D,35D,36D,37D,38D,39D. The van der Waals surface area contributed by atoms with Crippen LogP contribution in [0.5, 0.6) is 0 Å². The van der Waals surface area contributed by atoms with E-state index < -0.39 is 136 Å². The van der Waals surface area contributed by atoms with Gasteiger partial charge in [-0.05, 0) is 114 Å². The Bertz CT molecular complexity index is 3910. The zero-order valence-electron chi connectivity index (χ0n) is 48.3. The number of hydrogen-bond acceptors (Lipinski definition) is 1. The molecule has 59 heavy (non-hydrogen) atoms. The third kappa shape index (κ3) is 7.46. The molecule has 0 atom stereocenters. The van der Waals surface area contributed by atoms with Gasteiger partial charge in [0.1, 0.15) is 0 Å². The number of rotatable bonds is 9. The minimum Gasteiger partial charge on any atom is -0.310 e. The predicted molar refractivity (Wildman–Crippen MR) is 251 cm³/mol. The van der Waals surface area contributed by atoms with Crippen molar-refractivity contribution in [1.29, 1.82) is 0 Å². The van der Waals surface area contributed by atoms with Crippen molar-refractivity contribution in [2.45, 2.75) is 0 Å². The molecule has 0 saturated heterocycles. The molecule has 0 unspecified atom stereocenters. The van der Waals surface area contributed by atoms with E-state index in [1.165, 1.54) is 0 Å². The van der Waals surface area contributed by atoms with Crippen LogP contribution in [0, 0.1) is 0 Å². The molecule has 0 fully saturated rings. The summed E-state index contributed by atoms with van der Waals surface area (Å²) < 4.78 is 155. The average molecular weight is 769 g/mol. The molecule has 0 aromatic heterocycles. The monoisotopic (exact) mass is 768 g/mol. The van der Waals surface area contributed by atoms with E-state index in [0.717, 1.165) is 37.9 Å². The molecule has 10 aromatic carbocycles. The summed E-state index contributed by atoms with van der Waals surface area (Å²) in [4.78, 5) is 1.16. The van der Waals surface area contributed by atoms with Gasteiger partial charge in [-0.1, -0.05) is 206 Å². The lowest BCUT2D eigenvalue weighted by molar-refractivity contribution is 1.28. The van der Waals surface area contributed by atoms with Gasteiger partial charge in [-0.2, -0.15) is 0 Å². The van der Waals surface area contributed by atoms with Crippen LogP contribution in [0.15, 0.2) is 248 Å². The molecule has 0 amide bonds. The summed E-state index contributed by atoms with van der Waals surface area (Å²) in [5, 5.41) is 2.04. The van der Waals surface area contributed by atoms with Crippen LogP contribution >= 0.6 is 0 Å². The Labute approximate surface area is 370 Å². The molecular formula is C58H41N. The fourth-order valence-electron chi connectivity index (χ4n) is 7.00. The number of hydrogen-bond donors (Lipinski definition) is 0. The Hall–Kier alpha value is -7.74. The molecule has 0 saturated carbocycles. The zero-order valence-corrected chi connectivity index (χ0v) is 31.3. The van der Waals surface area contributed by atoms with Gasteiger partial charge < -0.3 is 4.90 Å². The van der Waals surface area contributed by atoms with E-state index in [1.54, 1.807) is 42.5 Å². The van der Waals surface area contributed by atoms with Gasteiger partial charge in [0.15, 0.2) is 0 Å².